The van der Waals surface area contributed by atoms with Crippen molar-refractivity contribution in [1.82, 2.24) is 5.32 Å². The average Bonchev–Trinajstić information content (AvgIpc) is 2.71. The number of hydrogen-bond donors (Lipinski definition) is 2. The van der Waals surface area contributed by atoms with Crippen LogP contribution >= 0.6 is 0 Å². The van der Waals surface area contributed by atoms with Crippen molar-refractivity contribution in [3.63, 3.8) is 0 Å². The Bertz CT molecular complexity index is 511. The molecule has 1 aliphatic heterocycles. The van der Waals surface area contributed by atoms with Gasteiger partial charge >= 0.3 is 5.97 Å². The maximum Gasteiger partial charge on any atom is 0.372 e. The lowest BCUT2D eigenvalue weighted by Gasteiger charge is -2.13. The van der Waals surface area contributed by atoms with Crippen LogP contribution in [0.5, 0.6) is 0 Å². The molecule has 0 unspecified atom stereocenters. The highest BCUT2D eigenvalue weighted by atomic mass is 19.1. The second-order valence-corrected chi connectivity index (χ2v) is 4.05. The number of rotatable bonds is 3. The van der Waals surface area contributed by atoms with Crippen LogP contribution in [-0.4, -0.2) is 29.3 Å². The minimum Gasteiger partial charge on any atom is -0.475 e. The number of nitrogens with one attached hydrogen (secondary N) is 1. The molecular weight excluding hydrogens is 241 g/mol. The summed E-state index contributed by atoms with van der Waals surface area (Å²) in [7, 11) is 0. The molecule has 1 amide bonds. The molecule has 1 aromatic rings. The van der Waals surface area contributed by atoms with Crippen LogP contribution in [-0.2, 0) is 14.4 Å². The highest BCUT2D eigenvalue weighted by Gasteiger charge is 2.42. The van der Waals surface area contributed by atoms with E-state index >= 15 is 0 Å². The van der Waals surface area contributed by atoms with Crippen molar-refractivity contribution in [2.24, 2.45) is 5.92 Å². The van der Waals surface area contributed by atoms with E-state index in [4.69, 9.17) is 5.11 Å². The Kier molecular flexibility index (Phi) is 3.10. The summed E-state index contributed by atoms with van der Waals surface area (Å²) in [5, 5.41) is 11.1. The van der Waals surface area contributed by atoms with Crippen LogP contribution in [0.3, 0.4) is 0 Å². The Morgan fingerprint density at radius 2 is 1.89 bits per heavy atom. The molecule has 1 aliphatic rings. The van der Waals surface area contributed by atoms with E-state index in [1.165, 1.54) is 24.3 Å². The van der Waals surface area contributed by atoms with Gasteiger partial charge in [-0.15, -0.1) is 0 Å². The summed E-state index contributed by atoms with van der Waals surface area (Å²) < 4.78 is 12.8. The van der Waals surface area contributed by atoms with Gasteiger partial charge in [0.15, 0.2) is 0 Å². The number of carbonyl (C=O) groups is 3. The van der Waals surface area contributed by atoms with E-state index < -0.39 is 35.3 Å². The van der Waals surface area contributed by atoms with Gasteiger partial charge in [0.05, 0.1) is 11.8 Å². The summed E-state index contributed by atoms with van der Waals surface area (Å²) >= 11 is 0. The second kappa shape index (κ2) is 4.56. The van der Waals surface area contributed by atoms with Gasteiger partial charge in [-0.3, -0.25) is 9.59 Å². The molecule has 0 bridgehead atoms. The fourth-order valence-electron chi connectivity index (χ4n) is 2.08. The number of Topliss-reactive ketones (excluding diaryl/α,β-unsaturated/α-hetero) is 1. The number of hydrogen-bond acceptors (Lipinski definition) is 3. The number of carbonyl (C=O) groups excluding carboxylic acids is 2. The monoisotopic (exact) mass is 251 g/mol. The van der Waals surface area contributed by atoms with Crippen LogP contribution in [0.15, 0.2) is 24.3 Å². The van der Waals surface area contributed by atoms with Crippen molar-refractivity contribution < 1.29 is 23.9 Å². The van der Waals surface area contributed by atoms with Crippen molar-refractivity contribution in [2.45, 2.75) is 5.92 Å². The molecule has 0 aromatic heterocycles. The standard InChI is InChI=1S/C12H10FNO4/c13-7-3-1-6(2-4-7)9-8(5-14-11(9)16)10(15)12(17)18/h1-4,8-9H,5H2,(H,14,16)(H,17,18)/t8-,9+/m0/s1. The SMILES string of the molecule is O=C(O)C(=O)[C@H]1CNC(=O)[C@@H]1c1ccc(F)cc1. The first-order valence-corrected chi connectivity index (χ1v) is 5.31. The van der Waals surface area contributed by atoms with Gasteiger partial charge in [-0.25, -0.2) is 9.18 Å². The van der Waals surface area contributed by atoms with E-state index in [9.17, 15) is 18.8 Å². The quantitative estimate of drug-likeness (QED) is 0.757. The highest BCUT2D eigenvalue weighted by molar-refractivity contribution is 6.34. The molecule has 1 heterocycles. The Morgan fingerprint density at radius 3 is 2.44 bits per heavy atom. The van der Waals surface area contributed by atoms with Crippen LogP contribution in [0.1, 0.15) is 11.5 Å². The molecule has 5 nitrogen and oxygen atoms in total. The molecule has 0 spiro atoms. The maximum absolute atomic E-state index is 12.8. The third-order valence-corrected chi connectivity index (χ3v) is 2.96. The van der Waals surface area contributed by atoms with Crippen molar-refractivity contribution in [2.75, 3.05) is 6.54 Å². The zero-order chi connectivity index (χ0) is 13.3. The molecule has 94 valence electrons. The lowest BCUT2D eigenvalue weighted by molar-refractivity contribution is -0.151. The first-order chi connectivity index (χ1) is 8.50. The zero-order valence-electron chi connectivity index (χ0n) is 9.22. The predicted octanol–water partition coefficient (Wildman–Crippen LogP) is 0.309. The fourth-order valence-corrected chi connectivity index (χ4v) is 2.08. The number of aliphatic carboxylic acids is 1. The fraction of sp³-hybridized carbons (Fsp3) is 0.250. The number of benzene rings is 1. The lowest BCUT2D eigenvalue weighted by atomic mass is 9.85. The molecule has 6 heteroatoms. The van der Waals surface area contributed by atoms with Crippen molar-refractivity contribution in [3.05, 3.63) is 35.6 Å². The summed E-state index contributed by atoms with van der Waals surface area (Å²) in [6, 6.07) is 5.10. The first-order valence-electron chi connectivity index (χ1n) is 5.31. The summed E-state index contributed by atoms with van der Waals surface area (Å²) in [6.07, 6.45) is 0. The molecule has 0 radical (unpaired) electrons. The van der Waals surface area contributed by atoms with Gasteiger partial charge in [0, 0.05) is 6.54 Å². The van der Waals surface area contributed by atoms with Gasteiger partial charge < -0.3 is 10.4 Å². The number of amides is 1. The predicted molar refractivity (Wildman–Crippen MR) is 58.3 cm³/mol. The molecule has 2 atom stereocenters. The van der Waals surface area contributed by atoms with Crippen LogP contribution in [0.4, 0.5) is 4.39 Å². The Morgan fingerprint density at radius 1 is 1.28 bits per heavy atom. The lowest BCUT2D eigenvalue weighted by Crippen LogP contribution is -2.28. The van der Waals surface area contributed by atoms with E-state index in [2.05, 4.69) is 5.32 Å². The van der Waals surface area contributed by atoms with Crippen molar-refractivity contribution in [3.8, 4) is 0 Å². The summed E-state index contributed by atoms with van der Waals surface area (Å²) in [4.78, 5) is 33.8. The Balaban J connectivity index is 2.33. The zero-order valence-corrected chi connectivity index (χ0v) is 9.22. The molecular formula is C12H10FNO4. The van der Waals surface area contributed by atoms with Crippen LogP contribution < -0.4 is 5.32 Å². The molecule has 2 rings (SSSR count). The van der Waals surface area contributed by atoms with E-state index in [-0.39, 0.29) is 6.54 Å². The van der Waals surface area contributed by atoms with Crippen LogP contribution in [0, 0.1) is 11.7 Å². The number of ketones is 1. The van der Waals surface area contributed by atoms with E-state index in [1.807, 2.05) is 0 Å². The average molecular weight is 251 g/mol. The minimum atomic E-state index is -1.57. The number of halogens is 1. The second-order valence-electron chi connectivity index (χ2n) is 4.05. The molecule has 1 aromatic carbocycles. The van der Waals surface area contributed by atoms with Crippen molar-refractivity contribution in [1.29, 1.82) is 0 Å². The van der Waals surface area contributed by atoms with E-state index in [0.29, 0.717) is 5.56 Å². The molecule has 0 aliphatic carbocycles. The maximum atomic E-state index is 12.8. The molecule has 1 saturated heterocycles. The molecule has 18 heavy (non-hydrogen) atoms. The van der Waals surface area contributed by atoms with Gasteiger partial charge in [0.25, 0.3) is 0 Å². The molecule has 1 fully saturated rings. The van der Waals surface area contributed by atoms with Gasteiger partial charge in [0.2, 0.25) is 11.7 Å². The third-order valence-electron chi connectivity index (χ3n) is 2.96. The number of carboxylic acids is 1. The van der Waals surface area contributed by atoms with Crippen LogP contribution in [0.2, 0.25) is 0 Å². The van der Waals surface area contributed by atoms with Gasteiger partial charge in [0.1, 0.15) is 5.82 Å². The van der Waals surface area contributed by atoms with Gasteiger partial charge in [-0.2, -0.15) is 0 Å². The smallest absolute Gasteiger partial charge is 0.372 e. The van der Waals surface area contributed by atoms with Crippen molar-refractivity contribution >= 4 is 17.7 Å². The van der Waals surface area contributed by atoms with Crippen LogP contribution in [0.25, 0.3) is 0 Å². The molecule has 0 saturated carbocycles. The van der Waals surface area contributed by atoms with E-state index in [1.54, 1.807) is 0 Å². The summed E-state index contributed by atoms with van der Waals surface area (Å²) in [6.45, 7) is -0.00793. The normalized spacial score (nSPS) is 22.6. The first kappa shape index (κ1) is 12.2. The number of carboxylic acid groups (broad SMARTS) is 1. The highest BCUT2D eigenvalue weighted by Crippen LogP contribution is 2.30. The minimum absolute atomic E-state index is 0.00793. The third kappa shape index (κ3) is 2.09. The Hall–Kier alpha value is -2.24. The molecule has 2 N–H and O–H groups in total. The topological polar surface area (TPSA) is 83.5 Å². The summed E-state index contributed by atoms with van der Waals surface area (Å²) in [5.41, 5.74) is 0.436. The van der Waals surface area contributed by atoms with Gasteiger partial charge in [-0.05, 0) is 17.7 Å². The Labute approximate surface area is 102 Å². The largest absolute Gasteiger partial charge is 0.475 e. The van der Waals surface area contributed by atoms with E-state index in [0.717, 1.165) is 0 Å². The summed E-state index contributed by atoms with van der Waals surface area (Å²) in [5.74, 6) is -5.26. The van der Waals surface area contributed by atoms with Gasteiger partial charge in [-0.1, -0.05) is 12.1 Å².